The number of pyridine rings is 1. The fraction of sp³-hybridized carbons (Fsp3) is 0.500. The van der Waals surface area contributed by atoms with Crippen LogP contribution in [0.1, 0.15) is 37.7 Å². The fourth-order valence-electron chi connectivity index (χ4n) is 2.53. The summed E-state index contributed by atoms with van der Waals surface area (Å²) in [5, 5.41) is 3.51. The lowest BCUT2D eigenvalue weighted by atomic mass is 10.0. The Hall–Kier alpha value is -1.88. The summed E-state index contributed by atoms with van der Waals surface area (Å²) in [5.41, 5.74) is 1.08. The summed E-state index contributed by atoms with van der Waals surface area (Å²) < 4.78 is 7.61. The molecule has 1 N–H and O–H groups in total. The standard InChI is InChI=1S/C16H24N4O/c1-4-10-20-11-9-18-15(20)12-14(17-5-2)13-7-6-8-19-16(13)21-3/h6-9,11,14,17H,4-5,10,12H2,1-3H3. The zero-order valence-corrected chi connectivity index (χ0v) is 13.0. The lowest BCUT2D eigenvalue weighted by Crippen LogP contribution is -2.25. The lowest BCUT2D eigenvalue weighted by Gasteiger charge is -2.20. The molecular formula is C16H24N4O. The van der Waals surface area contributed by atoms with Crippen LogP contribution in [0.15, 0.2) is 30.7 Å². The highest BCUT2D eigenvalue weighted by molar-refractivity contribution is 5.29. The summed E-state index contributed by atoms with van der Waals surface area (Å²) in [7, 11) is 1.66. The molecule has 1 unspecified atom stereocenters. The molecule has 0 saturated heterocycles. The number of rotatable bonds is 8. The second-order valence-corrected chi connectivity index (χ2v) is 4.95. The molecule has 0 spiro atoms. The number of aromatic nitrogens is 3. The van der Waals surface area contributed by atoms with Gasteiger partial charge in [0, 0.05) is 43.2 Å². The van der Waals surface area contributed by atoms with Gasteiger partial charge in [-0.3, -0.25) is 0 Å². The summed E-state index contributed by atoms with van der Waals surface area (Å²) in [5.74, 6) is 1.77. The predicted molar refractivity (Wildman–Crippen MR) is 83.4 cm³/mol. The molecule has 5 nitrogen and oxygen atoms in total. The maximum Gasteiger partial charge on any atom is 0.217 e. The van der Waals surface area contributed by atoms with E-state index in [4.69, 9.17) is 4.74 Å². The van der Waals surface area contributed by atoms with Crippen molar-refractivity contribution in [1.82, 2.24) is 19.9 Å². The molecule has 2 aromatic heterocycles. The molecule has 2 rings (SSSR count). The second kappa shape index (κ2) is 7.78. The van der Waals surface area contributed by atoms with E-state index in [9.17, 15) is 0 Å². The van der Waals surface area contributed by atoms with E-state index >= 15 is 0 Å². The highest BCUT2D eigenvalue weighted by atomic mass is 16.5. The number of hydrogen-bond donors (Lipinski definition) is 1. The van der Waals surface area contributed by atoms with Crippen molar-refractivity contribution in [3.63, 3.8) is 0 Å². The Morgan fingerprint density at radius 2 is 2.14 bits per heavy atom. The lowest BCUT2D eigenvalue weighted by molar-refractivity contribution is 0.381. The van der Waals surface area contributed by atoms with E-state index in [0.717, 1.165) is 37.3 Å². The summed E-state index contributed by atoms with van der Waals surface area (Å²) in [6, 6.07) is 4.16. The van der Waals surface area contributed by atoms with Gasteiger partial charge in [0.1, 0.15) is 5.82 Å². The molecule has 1 atom stereocenters. The minimum Gasteiger partial charge on any atom is -0.481 e. The molecule has 0 radical (unpaired) electrons. The highest BCUT2D eigenvalue weighted by Crippen LogP contribution is 2.25. The molecule has 0 saturated carbocycles. The van der Waals surface area contributed by atoms with Crippen LogP contribution in [0.25, 0.3) is 0 Å². The van der Waals surface area contributed by atoms with Crippen LogP contribution in [0, 0.1) is 0 Å². The van der Waals surface area contributed by atoms with Crippen LogP contribution in [0.5, 0.6) is 5.88 Å². The minimum atomic E-state index is 0.150. The molecule has 114 valence electrons. The van der Waals surface area contributed by atoms with Gasteiger partial charge in [0.05, 0.1) is 7.11 Å². The first-order valence-electron chi connectivity index (χ1n) is 7.52. The largest absolute Gasteiger partial charge is 0.481 e. The molecule has 5 heteroatoms. The van der Waals surface area contributed by atoms with Crippen LogP contribution in [-0.4, -0.2) is 28.2 Å². The molecule has 0 bridgehead atoms. The van der Waals surface area contributed by atoms with E-state index in [1.165, 1.54) is 0 Å². The molecule has 0 aromatic carbocycles. The van der Waals surface area contributed by atoms with E-state index in [0.29, 0.717) is 5.88 Å². The first-order chi connectivity index (χ1) is 10.3. The van der Waals surface area contributed by atoms with Crippen LogP contribution >= 0.6 is 0 Å². The van der Waals surface area contributed by atoms with Crippen molar-refractivity contribution in [3.05, 3.63) is 42.1 Å². The van der Waals surface area contributed by atoms with Crippen LogP contribution in [0.2, 0.25) is 0 Å². The van der Waals surface area contributed by atoms with Gasteiger partial charge in [-0.2, -0.15) is 0 Å². The first kappa shape index (κ1) is 15.5. The summed E-state index contributed by atoms with van der Waals surface area (Å²) in [4.78, 5) is 8.80. The van der Waals surface area contributed by atoms with Gasteiger partial charge >= 0.3 is 0 Å². The molecule has 21 heavy (non-hydrogen) atoms. The average molecular weight is 288 g/mol. The first-order valence-corrected chi connectivity index (χ1v) is 7.52. The molecule has 2 heterocycles. The minimum absolute atomic E-state index is 0.150. The van der Waals surface area contributed by atoms with Crippen molar-refractivity contribution in [1.29, 1.82) is 0 Å². The van der Waals surface area contributed by atoms with E-state index in [-0.39, 0.29) is 6.04 Å². The van der Waals surface area contributed by atoms with Gasteiger partial charge in [0.25, 0.3) is 0 Å². The van der Waals surface area contributed by atoms with Gasteiger partial charge in [-0.1, -0.05) is 19.9 Å². The van der Waals surface area contributed by atoms with Gasteiger partial charge in [0.2, 0.25) is 5.88 Å². The Kier molecular flexibility index (Phi) is 5.75. The molecule has 0 amide bonds. The van der Waals surface area contributed by atoms with Crippen molar-refractivity contribution in [2.45, 2.75) is 39.3 Å². The van der Waals surface area contributed by atoms with Crippen LogP contribution in [0.3, 0.4) is 0 Å². The average Bonchev–Trinajstić information content (AvgIpc) is 2.94. The molecule has 0 fully saturated rings. The van der Waals surface area contributed by atoms with Crippen molar-refractivity contribution in [2.24, 2.45) is 0 Å². The van der Waals surface area contributed by atoms with E-state index in [1.807, 2.05) is 18.5 Å². The predicted octanol–water partition coefficient (Wildman–Crippen LogP) is 2.59. The highest BCUT2D eigenvalue weighted by Gasteiger charge is 2.18. The Morgan fingerprint density at radius 3 is 2.86 bits per heavy atom. The Labute approximate surface area is 126 Å². The smallest absolute Gasteiger partial charge is 0.217 e. The van der Waals surface area contributed by atoms with Gasteiger partial charge in [-0.25, -0.2) is 9.97 Å². The van der Waals surface area contributed by atoms with Gasteiger partial charge in [-0.05, 0) is 19.0 Å². The summed E-state index contributed by atoms with van der Waals surface area (Å²) in [6.45, 7) is 6.17. The number of ether oxygens (including phenoxy) is 1. The maximum atomic E-state index is 5.39. The number of hydrogen-bond acceptors (Lipinski definition) is 4. The third kappa shape index (κ3) is 3.82. The number of nitrogens with zero attached hydrogens (tertiary/aromatic N) is 3. The van der Waals surface area contributed by atoms with E-state index < -0.39 is 0 Å². The summed E-state index contributed by atoms with van der Waals surface area (Å²) in [6.07, 6.45) is 7.59. The molecular weight excluding hydrogens is 264 g/mol. The van der Waals surface area contributed by atoms with Crippen LogP contribution in [0.4, 0.5) is 0 Å². The number of methoxy groups -OCH3 is 1. The van der Waals surface area contributed by atoms with Crippen LogP contribution in [-0.2, 0) is 13.0 Å². The Morgan fingerprint density at radius 1 is 1.29 bits per heavy atom. The number of imidazole rings is 1. The normalized spacial score (nSPS) is 12.3. The SMILES string of the molecule is CCCn1ccnc1CC(NCC)c1cccnc1OC. The number of aryl methyl sites for hydroxylation is 1. The molecule has 2 aromatic rings. The third-order valence-corrected chi connectivity index (χ3v) is 3.47. The van der Waals surface area contributed by atoms with E-state index in [1.54, 1.807) is 13.3 Å². The monoisotopic (exact) mass is 288 g/mol. The van der Waals surface area contributed by atoms with Crippen LogP contribution < -0.4 is 10.1 Å². The molecule has 0 aliphatic rings. The zero-order valence-electron chi connectivity index (χ0n) is 13.0. The van der Waals surface area contributed by atoms with E-state index in [2.05, 4.69) is 39.8 Å². The van der Waals surface area contributed by atoms with Gasteiger partial charge in [-0.15, -0.1) is 0 Å². The summed E-state index contributed by atoms with van der Waals surface area (Å²) >= 11 is 0. The molecule has 0 aliphatic heterocycles. The topological polar surface area (TPSA) is 52.0 Å². The van der Waals surface area contributed by atoms with Crippen molar-refractivity contribution in [2.75, 3.05) is 13.7 Å². The third-order valence-electron chi connectivity index (χ3n) is 3.47. The Bertz CT molecular complexity index is 553. The second-order valence-electron chi connectivity index (χ2n) is 4.95. The maximum absolute atomic E-state index is 5.39. The molecule has 0 aliphatic carbocycles. The zero-order chi connectivity index (χ0) is 15.1. The van der Waals surface area contributed by atoms with Crippen molar-refractivity contribution in [3.8, 4) is 5.88 Å². The quantitative estimate of drug-likeness (QED) is 0.811. The van der Waals surface area contributed by atoms with Gasteiger partial charge in [0.15, 0.2) is 0 Å². The van der Waals surface area contributed by atoms with Crippen molar-refractivity contribution >= 4 is 0 Å². The number of nitrogens with one attached hydrogen (secondary N) is 1. The fourth-order valence-corrected chi connectivity index (χ4v) is 2.53. The van der Waals surface area contributed by atoms with Crippen molar-refractivity contribution < 1.29 is 4.74 Å². The van der Waals surface area contributed by atoms with Gasteiger partial charge < -0.3 is 14.6 Å². The Balaban J connectivity index is 2.24. The number of likely N-dealkylation sites (N-methyl/N-ethyl adjacent to an activating group) is 1.